The fourth-order valence-corrected chi connectivity index (χ4v) is 3.61. The molecule has 1 N–H and O–H groups in total. The molecule has 0 spiro atoms. The molecule has 0 radical (unpaired) electrons. The molecule has 4 rings (SSSR count). The highest BCUT2D eigenvalue weighted by molar-refractivity contribution is 7.77. The van der Waals surface area contributed by atoms with Gasteiger partial charge in [-0.05, 0) is 48.4 Å². The monoisotopic (exact) mass is 483 g/mol. The van der Waals surface area contributed by atoms with E-state index in [-0.39, 0.29) is 40.3 Å². The first-order chi connectivity index (χ1) is 16.3. The zero-order valence-electron chi connectivity index (χ0n) is 17.7. The molecule has 7 nitrogen and oxygen atoms in total. The Morgan fingerprint density at radius 2 is 2.03 bits per heavy atom. The number of halogens is 2. The normalized spacial score (nSPS) is 12.2. The molecule has 1 unspecified atom stereocenters. The number of hydrogen-bond donors (Lipinski definition) is 1. The van der Waals surface area contributed by atoms with Crippen LogP contribution in [0, 0.1) is 18.6 Å². The first-order valence-corrected chi connectivity index (χ1v) is 11.0. The van der Waals surface area contributed by atoms with E-state index in [1.807, 2.05) is 4.72 Å². The van der Waals surface area contributed by atoms with Crippen molar-refractivity contribution in [2.45, 2.75) is 13.3 Å². The van der Waals surface area contributed by atoms with Crippen LogP contribution >= 0.6 is 0 Å². The Bertz CT molecular complexity index is 1490. The second kappa shape index (κ2) is 9.94. The molecule has 4 aromatic rings. The van der Waals surface area contributed by atoms with Crippen molar-refractivity contribution in [1.29, 1.82) is 0 Å². The summed E-state index contributed by atoms with van der Waals surface area (Å²) in [5.41, 5.74) is 0.859. The van der Waals surface area contributed by atoms with Crippen molar-refractivity contribution < 1.29 is 26.7 Å². The number of fused-ring (bicyclic) bond motifs is 1. The van der Waals surface area contributed by atoms with Crippen molar-refractivity contribution in [2.24, 2.45) is 0 Å². The lowest BCUT2D eigenvalue weighted by Crippen LogP contribution is -2.12. The van der Waals surface area contributed by atoms with Crippen LogP contribution in [0.5, 0.6) is 11.6 Å². The summed E-state index contributed by atoms with van der Waals surface area (Å²) in [5, 5.41) is 0.613. The molecule has 0 aliphatic rings. The van der Waals surface area contributed by atoms with E-state index in [0.29, 0.717) is 10.9 Å². The van der Waals surface area contributed by atoms with Gasteiger partial charge in [0.15, 0.2) is 5.82 Å². The summed E-state index contributed by atoms with van der Waals surface area (Å²) in [7, 11) is 0. The van der Waals surface area contributed by atoms with Crippen molar-refractivity contribution in [3.63, 3.8) is 0 Å². The van der Waals surface area contributed by atoms with E-state index in [4.69, 9.17) is 9.15 Å². The van der Waals surface area contributed by atoms with Gasteiger partial charge in [-0.1, -0.05) is 18.2 Å². The van der Waals surface area contributed by atoms with Crippen molar-refractivity contribution in [2.75, 3.05) is 0 Å². The third-order valence-electron chi connectivity index (χ3n) is 5.10. The van der Waals surface area contributed by atoms with Gasteiger partial charge in [-0.3, -0.25) is 4.21 Å². The second-order valence-corrected chi connectivity index (χ2v) is 7.93. The van der Waals surface area contributed by atoms with E-state index in [1.54, 1.807) is 25.1 Å². The Kier molecular flexibility index (Phi) is 6.80. The smallest absolute Gasteiger partial charge is 0.340 e. The maximum atomic E-state index is 14.9. The topological polar surface area (TPSA) is 104 Å². The van der Waals surface area contributed by atoms with Crippen molar-refractivity contribution in [3.05, 3.63) is 105 Å². The van der Waals surface area contributed by atoms with E-state index in [1.165, 1.54) is 42.6 Å². The van der Waals surface area contributed by atoms with E-state index in [2.05, 4.69) is 4.98 Å². The lowest BCUT2D eigenvalue weighted by Gasteiger charge is -2.11. The highest BCUT2D eigenvalue weighted by atomic mass is 32.2. The van der Waals surface area contributed by atoms with E-state index >= 15 is 0 Å². The van der Waals surface area contributed by atoms with Gasteiger partial charge in [0, 0.05) is 52.7 Å². The summed E-state index contributed by atoms with van der Waals surface area (Å²) in [5.74, 6) is -1.19. The number of rotatable bonds is 7. The molecule has 0 saturated carbocycles. The second-order valence-electron chi connectivity index (χ2n) is 7.23. The maximum Gasteiger partial charge on any atom is 0.340 e. The number of nitrogens with zero attached hydrogens (tertiary/aromatic N) is 1. The summed E-state index contributed by atoms with van der Waals surface area (Å²) in [6, 6.07) is 12.0. The largest absolute Gasteiger partial charge is 0.755 e. The van der Waals surface area contributed by atoms with Crippen LogP contribution in [0.25, 0.3) is 17.0 Å². The number of aromatic nitrogens is 1. The highest BCUT2D eigenvalue weighted by Gasteiger charge is 2.16. The summed E-state index contributed by atoms with van der Waals surface area (Å²) in [4.78, 5) is 16.6. The van der Waals surface area contributed by atoms with Crippen LogP contribution in [-0.4, -0.2) is 13.7 Å². The zero-order valence-corrected chi connectivity index (χ0v) is 18.5. The maximum absolute atomic E-state index is 14.9. The summed E-state index contributed by atoms with van der Waals surface area (Å²) in [6.07, 6.45) is 3.73. The van der Waals surface area contributed by atoms with E-state index in [9.17, 15) is 22.3 Å². The Hall–Kier alpha value is -3.89. The van der Waals surface area contributed by atoms with Crippen LogP contribution in [0.4, 0.5) is 8.78 Å². The number of benzene rings is 2. The van der Waals surface area contributed by atoms with Crippen molar-refractivity contribution >= 4 is 28.3 Å². The number of aryl methyl sites for hydroxylation is 1. The Morgan fingerprint density at radius 3 is 2.79 bits per heavy atom. The molecule has 0 aliphatic heterocycles. The number of pyridine rings is 1. The van der Waals surface area contributed by atoms with Gasteiger partial charge in [0.2, 0.25) is 0 Å². The Morgan fingerprint density at radius 1 is 1.21 bits per heavy atom. The van der Waals surface area contributed by atoms with Gasteiger partial charge < -0.3 is 18.4 Å². The van der Waals surface area contributed by atoms with Crippen molar-refractivity contribution in [1.82, 2.24) is 9.71 Å². The number of hydrogen-bond acceptors (Lipinski definition) is 6. The molecule has 2 aromatic heterocycles. The Labute approximate surface area is 195 Å². The van der Waals surface area contributed by atoms with Gasteiger partial charge in [0.05, 0.1) is 0 Å². The molecular weight excluding hydrogens is 466 g/mol. The fourth-order valence-electron chi connectivity index (χ4n) is 3.43. The molecule has 34 heavy (non-hydrogen) atoms. The van der Waals surface area contributed by atoms with Crippen LogP contribution in [-0.2, 0) is 17.7 Å². The fraction of sp³-hybridized carbons (Fsp3) is 0.0833. The standard InChI is InChI=1S/C24H18F2N2O5S/c1-14-18-8-7-17(32-23-20(25)6-3-10-27-23)13-21(18)33-24(29)19(14)12-16-5-2-4-15(22(16)26)9-11-28-34(30)31/h2-11,13,28H,12H2,1H3,(H,30,31)/p-1. The molecule has 0 aliphatic carbocycles. The molecule has 0 fully saturated rings. The number of ether oxygens (including phenoxy) is 1. The molecule has 0 amide bonds. The molecule has 174 valence electrons. The summed E-state index contributed by atoms with van der Waals surface area (Å²) < 4.78 is 62.8. The predicted molar refractivity (Wildman–Crippen MR) is 122 cm³/mol. The minimum absolute atomic E-state index is 0.0318. The molecule has 2 aromatic carbocycles. The first-order valence-electron chi connectivity index (χ1n) is 9.97. The van der Waals surface area contributed by atoms with Gasteiger partial charge in [-0.2, -0.15) is 0 Å². The van der Waals surface area contributed by atoms with Gasteiger partial charge in [0.1, 0.15) is 17.1 Å². The van der Waals surface area contributed by atoms with Crippen LogP contribution in [0.2, 0.25) is 0 Å². The number of nitrogens with one attached hydrogen (secondary N) is 1. The van der Waals surface area contributed by atoms with Crippen LogP contribution < -0.4 is 15.1 Å². The van der Waals surface area contributed by atoms with E-state index < -0.39 is 28.5 Å². The minimum atomic E-state index is -2.51. The molecule has 1 atom stereocenters. The average molecular weight is 483 g/mol. The molecular formula is C24H17F2N2O5S-. The third-order valence-corrected chi connectivity index (χ3v) is 5.43. The van der Waals surface area contributed by atoms with Gasteiger partial charge in [0.25, 0.3) is 5.88 Å². The SMILES string of the molecule is Cc1c(Cc2cccc(C=CNS(=O)[O-])c2F)c(=O)oc2cc(Oc3ncccc3F)ccc12. The Balaban J connectivity index is 1.66. The first kappa shape index (κ1) is 23.3. The van der Waals surface area contributed by atoms with Gasteiger partial charge in [-0.25, -0.2) is 18.6 Å². The summed E-state index contributed by atoms with van der Waals surface area (Å²) >= 11 is -2.51. The van der Waals surface area contributed by atoms with E-state index in [0.717, 1.165) is 6.20 Å². The third kappa shape index (κ3) is 5.03. The van der Waals surface area contributed by atoms with Gasteiger partial charge >= 0.3 is 5.63 Å². The molecule has 10 heteroatoms. The van der Waals surface area contributed by atoms with Crippen LogP contribution in [0.15, 0.2) is 70.1 Å². The summed E-state index contributed by atoms with van der Waals surface area (Å²) in [6.45, 7) is 1.72. The zero-order chi connectivity index (χ0) is 24.2. The van der Waals surface area contributed by atoms with Crippen LogP contribution in [0.3, 0.4) is 0 Å². The average Bonchev–Trinajstić information content (AvgIpc) is 2.80. The van der Waals surface area contributed by atoms with Crippen molar-refractivity contribution in [3.8, 4) is 11.6 Å². The molecule has 0 bridgehead atoms. The quantitative estimate of drug-likeness (QED) is 0.306. The highest BCUT2D eigenvalue weighted by Crippen LogP contribution is 2.29. The minimum Gasteiger partial charge on any atom is -0.755 e. The lowest BCUT2D eigenvalue weighted by atomic mass is 9.98. The van der Waals surface area contributed by atoms with Gasteiger partial charge in [-0.15, -0.1) is 0 Å². The molecule has 2 heterocycles. The lowest BCUT2D eigenvalue weighted by molar-refractivity contribution is 0.422. The predicted octanol–water partition coefficient (Wildman–Crippen LogP) is 4.51. The molecule has 0 saturated heterocycles. The van der Waals surface area contributed by atoms with Crippen LogP contribution in [0.1, 0.15) is 22.3 Å².